The Kier molecular flexibility index (Phi) is 9.86. The second kappa shape index (κ2) is 11.1. The zero-order valence-corrected chi connectivity index (χ0v) is 18.5. The number of alkyl halides is 3. The Hall–Kier alpha value is -1.03. The topological polar surface area (TPSA) is 39.7 Å². The SMILES string of the molecule is CCNC(=NCc1ccc(C(F)(F)F)cc1)NC1CCN(C(C)C)CC1.I. The molecule has 0 atom stereocenters. The van der Waals surface area contributed by atoms with Crippen molar-refractivity contribution < 1.29 is 13.2 Å². The number of piperidine rings is 1. The number of hydrogen-bond acceptors (Lipinski definition) is 2. The van der Waals surface area contributed by atoms with Gasteiger partial charge in [-0.2, -0.15) is 13.2 Å². The van der Waals surface area contributed by atoms with Crippen LogP contribution in [0.2, 0.25) is 0 Å². The molecule has 0 amide bonds. The van der Waals surface area contributed by atoms with Crippen molar-refractivity contribution in [1.29, 1.82) is 0 Å². The fraction of sp³-hybridized carbons (Fsp3) is 0.632. The molecule has 1 heterocycles. The van der Waals surface area contributed by atoms with E-state index < -0.39 is 11.7 Å². The van der Waals surface area contributed by atoms with Crippen molar-refractivity contribution >= 4 is 29.9 Å². The van der Waals surface area contributed by atoms with Gasteiger partial charge in [0.2, 0.25) is 0 Å². The van der Waals surface area contributed by atoms with Crippen molar-refractivity contribution in [2.24, 2.45) is 4.99 Å². The van der Waals surface area contributed by atoms with E-state index in [1.807, 2.05) is 6.92 Å². The molecule has 1 aliphatic rings. The fourth-order valence-electron chi connectivity index (χ4n) is 3.04. The van der Waals surface area contributed by atoms with Crippen LogP contribution in [0.4, 0.5) is 13.2 Å². The maximum absolute atomic E-state index is 12.6. The van der Waals surface area contributed by atoms with Gasteiger partial charge < -0.3 is 15.5 Å². The van der Waals surface area contributed by atoms with Gasteiger partial charge in [0.25, 0.3) is 0 Å². The van der Waals surface area contributed by atoms with Crippen LogP contribution in [-0.2, 0) is 12.7 Å². The Morgan fingerprint density at radius 2 is 1.78 bits per heavy atom. The molecule has 1 aromatic carbocycles. The van der Waals surface area contributed by atoms with Gasteiger partial charge in [0, 0.05) is 31.7 Å². The third-order valence-electron chi connectivity index (χ3n) is 4.65. The second-order valence-corrected chi connectivity index (χ2v) is 6.94. The quantitative estimate of drug-likeness (QED) is 0.363. The highest BCUT2D eigenvalue weighted by molar-refractivity contribution is 14.0. The number of likely N-dealkylation sites (tertiary alicyclic amines) is 1. The van der Waals surface area contributed by atoms with Gasteiger partial charge in [-0.25, -0.2) is 4.99 Å². The van der Waals surface area contributed by atoms with Gasteiger partial charge in [0.15, 0.2) is 5.96 Å². The van der Waals surface area contributed by atoms with Crippen LogP contribution < -0.4 is 10.6 Å². The number of halogens is 4. The van der Waals surface area contributed by atoms with Crippen molar-refractivity contribution in [2.45, 2.75) is 58.4 Å². The lowest BCUT2D eigenvalue weighted by molar-refractivity contribution is -0.137. The summed E-state index contributed by atoms with van der Waals surface area (Å²) >= 11 is 0. The van der Waals surface area contributed by atoms with Crippen molar-refractivity contribution in [1.82, 2.24) is 15.5 Å². The third kappa shape index (κ3) is 7.85. The molecule has 2 N–H and O–H groups in total. The van der Waals surface area contributed by atoms with Crippen LogP contribution in [0.25, 0.3) is 0 Å². The van der Waals surface area contributed by atoms with Crippen LogP contribution in [0, 0.1) is 0 Å². The highest BCUT2D eigenvalue weighted by Crippen LogP contribution is 2.29. The van der Waals surface area contributed by atoms with Gasteiger partial charge in [-0.05, 0) is 51.3 Å². The molecular formula is C19H30F3IN4. The van der Waals surface area contributed by atoms with Gasteiger partial charge >= 0.3 is 6.18 Å². The number of guanidine groups is 1. The average molecular weight is 498 g/mol. The van der Waals surface area contributed by atoms with Crippen molar-refractivity contribution in [3.8, 4) is 0 Å². The van der Waals surface area contributed by atoms with Crippen molar-refractivity contribution in [2.75, 3.05) is 19.6 Å². The minimum atomic E-state index is -4.30. The number of nitrogens with one attached hydrogen (secondary N) is 2. The van der Waals surface area contributed by atoms with E-state index in [2.05, 4.69) is 34.4 Å². The molecule has 154 valence electrons. The summed E-state index contributed by atoms with van der Waals surface area (Å²) in [6.45, 7) is 9.63. The highest BCUT2D eigenvalue weighted by Gasteiger charge is 2.29. The van der Waals surface area contributed by atoms with Gasteiger partial charge in [-0.3, -0.25) is 0 Å². The molecule has 0 unspecified atom stereocenters. The second-order valence-electron chi connectivity index (χ2n) is 6.94. The van der Waals surface area contributed by atoms with E-state index in [9.17, 15) is 13.2 Å². The largest absolute Gasteiger partial charge is 0.416 e. The number of benzene rings is 1. The smallest absolute Gasteiger partial charge is 0.357 e. The normalized spacial score (nSPS) is 16.9. The first-order valence-electron chi connectivity index (χ1n) is 9.24. The molecule has 8 heteroatoms. The van der Waals surface area contributed by atoms with E-state index in [0.29, 0.717) is 18.6 Å². The zero-order chi connectivity index (χ0) is 19.2. The van der Waals surface area contributed by atoms with Crippen LogP contribution in [0.1, 0.15) is 44.7 Å². The number of rotatable bonds is 5. The van der Waals surface area contributed by atoms with Gasteiger partial charge in [-0.15, -0.1) is 24.0 Å². The predicted octanol–water partition coefficient (Wildman–Crippen LogP) is 4.25. The zero-order valence-electron chi connectivity index (χ0n) is 16.1. The molecule has 2 rings (SSSR count). The Balaban J connectivity index is 0.00000364. The molecule has 27 heavy (non-hydrogen) atoms. The van der Waals surface area contributed by atoms with Gasteiger partial charge in [-0.1, -0.05) is 12.1 Å². The summed E-state index contributed by atoms with van der Waals surface area (Å²) in [6.07, 6.45) is -2.19. The number of nitrogens with zero attached hydrogens (tertiary/aromatic N) is 2. The van der Waals surface area contributed by atoms with E-state index in [0.717, 1.165) is 56.1 Å². The maximum atomic E-state index is 12.6. The first-order chi connectivity index (χ1) is 12.3. The molecule has 1 aromatic rings. The molecule has 0 spiro atoms. The Bertz CT molecular complexity index is 580. The van der Waals surface area contributed by atoms with Crippen molar-refractivity contribution in [3.63, 3.8) is 0 Å². The number of hydrogen-bond donors (Lipinski definition) is 2. The average Bonchev–Trinajstić information content (AvgIpc) is 2.60. The maximum Gasteiger partial charge on any atom is 0.416 e. The third-order valence-corrected chi connectivity index (χ3v) is 4.65. The van der Waals surface area contributed by atoms with Crippen LogP contribution in [-0.4, -0.2) is 42.6 Å². The summed E-state index contributed by atoms with van der Waals surface area (Å²) in [5.41, 5.74) is 0.122. The fourth-order valence-corrected chi connectivity index (χ4v) is 3.04. The lowest BCUT2D eigenvalue weighted by Crippen LogP contribution is -2.49. The summed E-state index contributed by atoms with van der Waals surface area (Å²) in [7, 11) is 0. The molecule has 1 aliphatic heterocycles. The Morgan fingerprint density at radius 3 is 2.26 bits per heavy atom. The molecule has 1 fully saturated rings. The Labute approximate surface area is 177 Å². The molecular weight excluding hydrogens is 468 g/mol. The summed E-state index contributed by atoms with van der Waals surface area (Å²) in [4.78, 5) is 6.99. The van der Waals surface area contributed by atoms with E-state index in [-0.39, 0.29) is 24.0 Å². The minimum Gasteiger partial charge on any atom is -0.357 e. The summed E-state index contributed by atoms with van der Waals surface area (Å²) in [6, 6.07) is 6.11. The van der Waals surface area contributed by atoms with E-state index in [1.54, 1.807) is 0 Å². The first kappa shape index (κ1) is 24.0. The molecule has 0 bridgehead atoms. The molecule has 1 saturated heterocycles. The van der Waals surface area contributed by atoms with Crippen LogP contribution in [0.5, 0.6) is 0 Å². The molecule has 0 aliphatic carbocycles. The summed E-state index contributed by atoms with van der Waals surface area (Å²) in [5, 5.41) is 6.67. The molecule has 0 aromatic heterocycles. The summed E-state index contributed by atoms with van der Waals surface area (Å²) in [5.74, 6) is 0.718. The monoisotopic (exact) mass is 498 g/mol. The minimum absolute atomic E-state index is 0. The summed E-state index contributed by atoms with van der Waals surface area (Å²) < 4.78 is 37.9. The molecule has 4 nitrogen and oxygen atoms in total. The highest BCUT2D eigenvalue weighted by atomic mass is 127. The lowest BCUT2D eigenvalue weighted by atomic mass is 10.0. The Morgan fingerprint density at radius 1 is 1.19 bits per heavy atom. The van der Waals surface area contributed by atoms with E-state index >= 15 is 0 Å². The standard InChI is InChI=1S/C19H29F3N4.HI/c1-4-23-18(25-17-9-11-26(12-10-17)14(2)3)24-13-15-5-7-16(8-6-15)19(20,21)22;/h5-8,14,17H,4,9-13H2,1-3H3,(H2,23,24,25);1H. The number of aliphatic imine (C=N–C) groups is 1. The lowest BCUT2D eigenvalue weighted by Gasteiger charge is -2.35. The van der Waals surface area contributed by atoms with Gasteiger partial charge in [0.05, 0.1) is 12.1 Å². The van der Waals surface area contributed by atoms with E-state index in [4.69, 9.17) is 0 Å². The van der Waals surface area contributed by atoms with E-state index in [1.165, 1.54) is 12.1 Å². The van der Waals surface area contributed by atoms with Crippen LogP contribution in [0.15, 0.2) is 29.3 Å². The van der Waals surface area contributed by atoms with Crippen LogP contribution >= 0.6 is 24.0 Å². The van der Waals surface area contributed by atoms with Gasteiger partial charge in [0.1, 0.15) is 0 Å². The molecule has 0 saturated carbocycles. The molecule has 0 radical (unpaired) electrons. The predicted molar refractivity (Wildman–Crippen MR) is 115 cm³/mol. The van der Waals surface area contributed by atoms with Crippen molar-refractivity contribution in [3.05, 3.63) is 35.4 Å². The van der Waals surface area contributed by atoms with Crippen LogP contribution in [0.3, 0.4) is 0 Å². The first-order valence-corrected chi connectivity index (χ1v) is 9.24.